The third-order valence-corrected chi connectivity index (χ3v) is 5.27. The van der Waals surface area contributed by atoms with Gasteiger partial charge in [0.15, 0.2) is 0 Å². The summed E-state index contributed by atoms with van der Waals surface area (Å²) in [6.45, 7) is 5.88. The van der Waals surface area contributed by atoms with Gasteiger partial charge in [-0.05, 0) is 26.7 Å². The van der Waals surface area contributed by atoms with E-state index >= 15 is 0 Å². The summed E-state index contributed by atoms with van der Waals surface area (Å²) in [7, 11) is 0. The van der Waals surface area contributed by atoms with Crippen LogP contribution in [0, 0.1) is 13.8 Å². The number of aromatic nitrogens is 2. The number of rotatable bonds is 4. The average Bonchev–Trinajstić information content (AvgIpc) is 2.75. The van der Waals surface area contributed by atoms with E-state index in [1.807, 2.05) is 29.3 Å². The van der Waals surface area contributed by atoms with Crippen molar-refractivity contribution >= 4 is 5.91 Å². The normalized spacial score (nSPS) is 14.6. The molecule has 2 heterocycles. The van der Waals surface area contributed by atoms with Crippen LogP contribution >= 0.6 is 0 Å². The van der Waals surface area contributed by atoms with Crippen molar-refractivity contribution in [1.82, 2.24) is 20.4 Å². The first-order valence-electron chi connectivity index (χ1n) is 10.2. The Bertz CT molecular complexity index is 990. The Morgan fingerprint density at radius 2 is 1.38 bits per heavy atom. The van der Waals surface area contributed by atoms with Crippen molar-refractivity contribution in [2.45, 2.75) is 33.1 Å². The molecule has 1 fully saturated rings. The molecular formula is C24H26N4O. The minimum absolute atomic E-state index is 0.205. The van der Waals surface area contributed by atoms with Crippen molar-refractivity contribution in [2.24, 2.45) is 0 Å². The SMILES string of the molecule is Cc1ccc(-c2ncc(C(=O)NN3CCCCC3)nc2-c2ccc(C)cc2)cc1. The zero-order chi connectivity index (χ0) is 20.2. The number of nitrogens with one attached hydrogen (secondary N) is 1. The van der Waals surface area contributed by atoms with Gasteiger partial charge in [0, 0.05) is 24.2 Å². The number of carbonyl (C=O) groups is 1. The summed E-state index contributed by atoms with van der Waals surface area (Å²) in [5.74, 6) is -0.205. The minimum Gasteiger partial charge on any atom is -0.283 e. The molecule has 0 unspecified atom stereocenters. The van der Waals surface area contributed by atoms with Crippen LogP contribution in [0.4, 0.5) is 0 Å². The molecular weight excluding hydrogens is 360 g/mol. The summed E-state index contributed by atoms with van der Waals surface area (Å²) in [4.78, 5) is 22.2. The summed E-state index contributed by atoms with van der Waals surface area (Å²) in [6, 6.07) is 16.4. The molecule has 1 aliphatic rings. The first-order chi connectivity index (χ1) is 14.1. The minimum atomic E-state index is -0.205. The van der Waals surface area contributed by atoms with E-state index in [9.17, 15) is 4.79 Å². The molecule has 1 aromatic heterocycles. The van der Waals surface area contributed by atoms with Crippen molar-refractivity contribution in [1.29, 1.82) is 0 Å². The second-order valence-corrected chi connectivity index (χ2v) is 7.67. The fourth-order valence-electron chi connectivity index (χ4n) is 3.54. The van der Waals surface area contributed by atoms with Crippen LogP contribution < -0.4 is 5.43 Å². The summed E-state index contributed by atoms with van der Waals surface area (Å²) in [5.41, 5.74) is 9.13. The Morgan fingerprint density at radius 3 is 1.97 bits per heavy atom. The third-order valence-electron chi connectivity index (χ3n) is 5.27. The van der Waals surface area contributed by atoms with Crippen LogP contribution in [-0.2, 0) is 0 Å². The van der Waals surface area contributed by atoms with E-state index in [0.29, 0.717) is 5.69 Å². The lowest BCUT2D eigenvalue weighted by Crippen LogP contribution is -2.45. The predicted octanol–water partition coefficient (Wildman–Crippen LogP) is 4.56. The van der Waals surface area contributed by atoms with Gasteiger partial charge in [0.1, 0.15) is 5.69 Å². The van der Waals surface area contributed by atoms with Gasteiger partial charge in [-0.15, -0.1) is 0 Å². The smallest absolute Gasteiger partial charge is 0.283 e. The monoisotopic (exact) mass is 386 g/mol. The van der Waals surface area contributed by atoms with Gasteiger partial charge in [0.25, 0.3) is 5.91 Å². The van der Waals surface area contributed by atoms with Crippen molar-refractivity contribution in [3.05, 3.63) is 71.5 Å². The van der Waals surface area contributed by atoms with Gasteiger partial charge in [-0.25, -0.2) is 9.99 Å². The second kappa shape index (κ2) is 8.53. The topological polar surface area (TPSA) is 58.1 Å². The molecule has 1 aliphatic heterocycles. The fraction of sp³-hybridized carbons (Fsp3) is 0.292. The molecule has 1 amide bonds. The molecule has 0 spiro atoms. The molecule has 4 rings (SSSR count). The Hall–Kier alpha value is -3.05. The van der Waals surface area contributed by atoms with E-state index in [1.54, 1.807) is 6.20 Å². The number of benzene rings is 2. The molecule has 0 aliphatic carbocycles. The van der Waals surface area contributed by atoms with Gasteiger partial charge < -0.3 is 0 Å². The summed E-state index contributed by atoms with van der Waals surface area (Å²) in [5, 5.41) is 1.98. The molecule has 5 heteroatoms. The highest BCUT2D eigenvalue weighted by molar-refractivity contribution is 5.93. The molecule has 2 aromatic carbocycles. The highest BCUT2D eigenvalue weighted by atomic mass is 16.2. The molecule has 0 saturated carbocycles. The van der Waals surface area contributed by atoms with Crippen LogP contribution in [0.15, 0.2) is 54.7 Å². The van der Waals surface area contributed by atoms with E-state index < -0.39 is 0 Å². The molecule has 5 nitrogen and oxygen atoms in total. The van der Waals surface area contributed by atoms with Crippen LogP contribution in [0.1, 0.15) is 40.9 Å². The number of hydrogen-bond donors (Lipinski definition) is 1. The van der Waals surface area contributed by atoms with E-state index in [4.69, 9.17) is 4.98 Å². The highest BCUT2D eigenvalue weighted by Gasteiger charge is 2.18. The van der Waals surface area contributed by atoms with Crippen LogP contribution in [-0.4, -0.2) is 34.0 Å². The predicted molar refractivity (Wildman–Crippen MR) is 115 cm³/mol. The molecule has 0 radical (unpaired) electrons. The third kappa shape index (κ3) is 4.51. The molecule has 29 heavy (non-hydrogen) atoms. The first kappa shape index (κ1) is 19.3. The maximum atomic E-state index is 12.8. The Kier molecular flexibility index (Phi) is 5.67. The number of carbonyl (C=O) groups excluding carboxylic acids is 1. The van der Waals surface area contributed by atoms with Crippen LogP contribution in [0.5, 0.6) is 0 Å². The number of aryl methyl sites for hydroxylation is 2. The van der Waals surface area contributed by atoms with E-state index in [-0.39, 0.29) is 5.91 Å². The lowest BCUT2D eigenvalue weighted by molar-refractivity contribution is 0.0744. The van der Waals surface area contributed by atoms with E-state index in [2.05, 4.69) is 48.5 Å². The largest absolute Gasteiger partial charge is 0.285 e. The van der Waals surface area contributed by atoms with Gasteiger partial charge in [-0.3, -0.25) is 15.2 Å². The maximum Gasteiger partial charge on any atom is 0.285 e. The number of hydrazine groups is 1. The Labute approximate surface area is 171 Å². The number of hydrogen-bond acceptors (Lipinski definition) is 4. The number of nitrogens with zero attached hydrogens (tertiary/aromatic N) is 3. The Balaban J connectivity index is 1.71. The number of amides is 1. The molecule has 1 N–H and O–H groups in total. The lowest BCUT2D eigenvalue weighted by Gasteiger charge is -2.26. The van der Waals surface area contributed by atoms with Crippen molar-refractivity contribution in [3.8, 4) is 22.5 Å². The zero-order valence-electron chi connectivity index (χ0n) is 17.0. The summed E-state index contributed by atoms with van der Waals surface area (Å²) < 4.78 is 0. The summed E-state index contributed by atoms with van der Waals surface area (Å²) >= 11 is 0. The van der Waals surface area contributed by atoms with Crippen molar-refractivity contribution < 1.29 is 4.79 Å². The highest BCUT2D eigenvalue weighted by Crippen LogP contribution is 2.29. The first-order valence-corrected chi connectivity index (χ1v) is 10.2. The van der Waals surface area contributed by atoms with Gasteiger partial charge in [0.2, 0.25) is 0 Å². The molecule has 0 bridgehead atoms. The van der Waals surface area contributed by atoms with Crippen molar-refractivity contribution in [3.63, 3.8) is 0 Å². The fourth-order valence-corrected chi connectivity index (χ4v) is 3.54. The van der Waals surface area contributed by atoms with Gasteiger partial charge in [0.05, 0.1) is 17.6 Å². The second-order valence-electron chi connectivity index (χ2n) is 7.67. The molecule has 1 saturated heterocycles. The van der Waals surface area contributed by atoms with Crippen molar-refractivity contribution in [2.75, 3.05) is 13.1 Å². The van der Waals surface area contributed by atoms with Gasteiger partial charge in [-0.2, -0.15) is 0 Å². The van der Waals surface area contributed by atoms with Crippen LogP contribution in [0.2, 0.25) is 0 Å². The van der Waals surface area contributed by atoms with E-state index in [0.717, 1.165) is 48.4 Å². The molecule has 3 aromatic rings. The van der Waals surface area contributed by atoms with Gasteiger partial charge >= 0.3 is 0 Å². The average molecular weight is 386 g/mol. The quantitative estimate of drug-likeness (QED) is 0.714. The van der Waals surface area contributed by atoms with Crippen LogP contribution in [0.3, 0.4) is 0 Å². The van der Waals surface area contributed by atoms with Gasteiger partial charge in [-0.1, -0.05) is 66.1 Å². The maximum absolute atomic E-state index is 12.8. The lowest BCUT2D eigenvalue weighted by atomic mass is 10.0. The Morgan fingerprint density at radius 1 is 0.828 bits per heavy atom. The number of piperidine rings is 1. The van der Waals surface area contributed by atoms with Crippen LogP contribution in [0.25, 0.3) is 22.5 Å². The molecule has 148 valence electrons. The van der Waals surface area contributed by atoms with E-state index in [1.165, 1.54) is 17.5 Å². The standard InChI is InChI=1S/C24H26N4O/c1-17-6-10-19(11-7-17)22-23(20-12-8-18(2)9-13-20)26-21(16-25-22)24(29)27-28-14-4-3-5-15-28/h6-13,16H,3-5,14-15H2,1-2H3,(H,27,29). The zero-order valence-corrected chi connectivity index (χ0v) is 17.0. The molecule has 0 atom stereocenters. The summed E-state index contributed by atoms with van der Waals surface area (Å²) in [6.07, 6.45) is 5.00.